The Morgan fingerprint density at radius 1 is 1.50 bits per heavy atom. The van der Waals surface area contributed by atoms with Gasteiger partial charge in [0, 0.05) is 12.1 Å². The Morgan fingerprint density at radius 2 is 2.07 bits per heavy atom. The molecule has 1 N–H and O–H groups in total. The van der Waals surface area contributed by atoms with Crippen LogP contribution < -0.4 is 0 Å². The van der Waals surface area contributed by atoms with E-state index in [0.717, 1.165) is 19.5 Å². The first kappa shape index (κ1) is 11.5. The zero-order chi connectivity index (χ0) is 10.9. The minimum Gasteiger partial charge on any atom is -0.481 e. The SMILES string of the molecule is CC(C(=O)O)C1CCN(C(C)(C)C)C1. The highest BCUT2D eigenvalue weighted by Crippen LogP contribution is 2.29. The summed E-state index contributed by atoms with van der Waals surface area (Å²) in [6.45, 7) is 10.3. The van der Waals surface area contributed by atoms with Crippen LogP contribution in [0.15, 0.2) is 0 Å². The van der Waals surface area contributed by atoms with Crippen LogP contribution in [-0.2, 0) is 4.79 Å². The molecule has 2 unspecified atom stereocenters. The normalized spacial score (nSPS) is 26.4. The number of hydrogen-bond donors (Lipinski definition) is 1. The van der Waals surface area contributed by atoms with E-state index in [-0.39, 0.29) is 11.5 Å². The van der Waals surface area contributed by atoms with Crippen molar-refractivity contribution in [3.8, 4) is 0 Å². The van der Waals surface area contributed by atoms with Crippen molar-refractivity contribution in [3.05, 3.63) is 0 Å². The molecule has 3 nitrogen and oxygen atoms in total. The van der Waals surface area contributed by atoms with Crippen LogP contribution in [0.3, 0.4) is 0 Å². The van der Waals surface area contributed by atoms with Crippen LogP contribution in [0.5, 0.6) is 0 Å². The molecule has 1 rings (SSSR count). The van der Waals surface area contributed by atoms with Gasteiger partial charge in [0.15, 0.2) is 0 Å². The Labute approximate surface area is 86.1 Å². The Kier molecular flexibility index (Phi) is 3.20. The number of hydrogen-bond acceptors (Lipinski definition) is 2. The Hall–Kier alpha value is -0.570. The third kappa shape index (κ3) is 2.47. The molecule has 2 atom stereocenters. The van der Waals surface area contributed by atoms with E-state index in [1.54, 1.807) is 0 Å². The Morgan fingerprint density at radius 3 is 2.43 bits per heavy atom. The summed E-state index contributed by atoms with van der Waals surface area (Å²) in [7, 11) is 0. The minimum atomic E-state index is -0.661. The van der Waals surface area contributed by atoms with Gasteiger partial charge in [0.2, 0.25) is 0 Å². The maximum atomic E-state index is 10.8. The molecule has 1 heterocycles. The molecule has 0 saturated carbocycles. The summed E-state index contributed by atoms with van der Waals surface area (Å²) in [5.41, 5.74) is 0.174. The fourth-order valence-electron chi connectivity index (χ4n) is 2.01. The number of aliphatic carboxylic acids is 1. The van der Waals surface area contributed by atoms with E-state index in [1.807, 2.05) is 6.92 Å². The van der Waals surface area contributed by atoms with Crippen LogP contribution in [0, 0.1) is 11.8 Å². The van der Waals surface area contributed by atoms with E-state index in [0.29, 0.717) is 5.92 Å². The van der Waals surface area contributed by atoms with Crippen molar-refractivity contribution in [2.24, 2.45) is 11.8 Å². The van der Waals surface area contributed by atoms with Crippen molar-refractivity contribution >= 4 is 5.97 Å². The third-order valence-electron chi connectivity index (χ3n) is 3.27. The largest absolute Gasteiger partial charge is 0.481 e. The third-order valence-corrected chi connectivity index (χ3v) is 3.27. The topological polar surface area (TPSA) is 40.5 Å². The molecule has 1 saturated heterocycles. The lowest BCUT2D eigenvalue weighted by molar-refractivity contribution is -0.142. The van der Waals surface area contributed by atoms with E-state index < -0.39 is 5.97 Å². The molecular weight excluding hydrogens is 178 g/mol. The van der Waals surface area contributed by atoms with Crippen LogP contribution in [0.1, 0.15) is 34.1 Å². The van der Waals surface area contributed by atoms with Gasteiger partial charge in [-0.1, -0.05) is 6.92 Å². The van der Waals surface area contributed by atoms with Gasteiger partial charge >= 0.3 is 5.97 Å². The number of rotatable bonds is 2. The zero-order valence-corrected chi connectivity index (χ0v) is 9.58. The predicted molar refractivity (Wildman–Crippen MR) is 56.2 cm³/mol. The monoisotopic (exact) mass is 199 g/mol. The van der Waals surface area contributed by atoms with E-state index in [4.69, 9.17) is 5.11 Å². The highest BCUT2D eigenvalue weighted by Gasteiger charge is 2.34. The van der Waals surface area contributed by atoms with E-state index >= 15 is 0 Å². The first-order chi connectivity index (χ1) is 6.32. The molecule has 0 amide bonds. The van der Waals surface area contributed by atoms with Crippen LogP contribution in [0.2, 0.25) is 0 Å². The Balaban J connectivity index is 2.53. The van der Waals surface area contributed by atoms with Crippen molar-refractivity contribution in [1.29, 1.82) is 0 Å². The molecule has 0 aliphatic carbocycles. The predicted octanol–water partition coefficient (Wildman–Crippen LogP) is 1.83. The van der Waals surface area contributed by atoms with Gasteiger partial charge in [-0.05, 0) is 39.7 Å². The van der Waals surface area contributed by atoms with E-state index in [1.165, 1.54) is 0 Å². The minimum absolute atomic E-state index is 0.174. The second-order valence-corrected chi connectivity index (χ2v) is 5.29. The van der Waals surface area contributed by atoms with E-state index in [9.17, 15) is 4.79 Å². The van der Waals surface area contributed by atoms with Gasteiger partial charge in [0.25, 0.3) is 0 Å². The molecule has 0 aromatic heterocycles. The van der Waals surface area contributed by atoms with Gasteiger partial charge in [-0.15, -0.1) is 0 Å². The molecule has 1 aliphatic rings. The first-order valence-electron chi connectivity index (χ1n) is 5.30. The fraction of sp³-hybridized carbons (Fsp3) is 0.909. The second kappa shape index (κ2) is 3.89. The summed E-state index contributed by atoms with van der Waals surface area (Å²) < 4.78 is 0. The second-order valence-electron chi connectivity index (χ2n) is 5.29. The number of carbonyl (C=O) groups is 1. The van der Waals surface area contributed by atoms with Gasteiger partial charge in [-0.3, -0.25) is 9.69 Å². The lowest BCUT2D eigenvalue weighted by atomic mass is 9.93. The number of likely N-dealkylation sites (tertiary alicyclic amines) is 1. The van der Waals surface area contributed by atoms with Crippen LogP contribution in [-0.4, -0.2) is 34.6 Å². The van der Waals surface area contributed by atoms with Crippen molar-refractivity contribution in [2.75, 3.05) is 13.1 Å². The van der Waals surface area contributed by atoms with Gasteiger partial charge in [0.1, 0.15) is 0 Å². The lowest BCUT2D eigenvalue weighted by Crippen LogP contribution is -2.40. The standard InChI is InChI=1S/C11H21NO2/c1-8(10(13)14)9-5-6-12(7-9)11(2,3)4/h8-9H,5-7H2,1-4H3,(H,13,14). The summed E-state index contributed by atoms with van der Waals surface area (Å²) in [4.78, 5) is 13.2. The first-order valence-corrected chi connectivity index (χ1v) is 5.30. The van der Waals surface area contributed by atoms with Crippen molar-refractivity contribution < 1.29 is 9.90 Å². The molecule has 1 aliphatic heterocycles. The molecule has 3 heteroatoms. The summed E-state index contributed by atoms with van der Waals surface area (Å²) in [6, 6.07) is 0. The van der Waals surface area contributed by atoms with Gasteiger partial charge in [0.05, 0.1) is 5.92 Å². The van der Waals surface area contributed by atoms with Crippen molar-refractivity contribution in [3.63, 3.8) is 0 Å². The number of carboxylic acids is 1. The highest BCUT2D eigenvalue weighted by molar-refractivity contribution is 5.69. The van der Waals surface area contributed by atoms with Crippen molar-refractivity contribution in [2.45, 2.75) is 39.7 Å². The molecule has 0 aromatic rings. The summed E-state index contributed by atoms with van der Waals surface area (Å²) >= 11 is 0. The summed E-state index contributed by atoms with van der Waals surface area (Å²) in [5.74, 6) is -0.542. The molecule has 0 radical (unpaired) electrons. The molecular formula is C11H21NO2. The average molecular weight is 199 g/mol. The quantitative estimate of drug-likeness (QED) is 0.737. The maximum Gasteiger partial charge on any atom is 0.306 e. The highest BCUT2D eigenvalue weighted by atomic mass is 16.4. The van der Waals surface area contributed by atoms with Gasteiger partial charge in [-0.2, -0.15) is 0 Å². The zero-order valence-electron chi connectivity index (χ0n) is 9.58. The fourth-order valence-corrected chi connectivity index (χ4v) is 2.01. The summed E-state index contributed by atoms with van der Waals surface area (Å²) in [6.07, 6.45) is 1.02. The molecule has 14 heavy (non-hydrogen) atoms. The maximum absolute atomic E-state index is 10.8. The van der Waals surface area contributed by atoms with Crippen LogP contribution in [0.4, 0.5) is 0 Å². The van der Waals surface area contributed by atoms with Crippen LogP contribution in [0.25, 0.3) is 0 Å². The molecule has 0 spiro atoms. The Bertz CT molecular complexity index is 220. The molecule has 0 bridgehead atoms. The lowest BCUT2D eigenvalue weighted by Gasteiger charge is -2.32. The van der Waals surface area contributed by atoms with E-state index in [2.05, 4.69) is 25.7 Å². The molecule has 1 fully saturated rings. The van der Waals surface area contributed by atoms with Gasteiger partial charge in [-0.25, -0.2) is 0 Å². The smallest absolute Gasteiger partial charge is 0.306 e. The van der Waals surface area contributed by atoms with Crippen LogP contribution >= 0.6 is 0 Å². The van der Waals surface area contributed by atoms with Gasteiger partial charge < -0.3 is 5.11 Å². The number of nitrogens with zero attached hydrogens (tertiary/aromatic N) is 1. The average Bonchev–Trinajstić information content (AvgIpc) is 2.49. The molecule has 82 valence electrons. The summed E-state index contributed by atoms with van der Waals surface area (Å²) in [5, 5.41) is 8.91. The van der Waals surface area contributed by atoms with Crippen molar-refractivity contribution in [1.82, 2.24) is 4.90 Å². The molecule has 0 aromatic carbocycles. The number of carboxylic acid groups (broad SMARTS) is 1.